The lowest BCUT2D eigenvalue weighted by Gasteiger charge is -2.45. The summed E-state index contributed by atoms with van der Waals surface area (Å²) in [7, 11) is 0. The summed E-state index contributed by atoms with van der Waals surface area (Å²) in [5.74, 6) is -1.89. The van der Waals surface area contributed by atoms with Crippen LogP contribution in [0.3, 0.4) is 0 Å². The van der Waals surface area contributed by atoms with Crippen molar-refractivity contribution in [1.29, 1.82) is 0 Å². The molecule has 46 heavy (non-hydrogen) atoms. The Kier molecular flexibility index (Phi) is 12.3. The van der Waals surface area contributed by atoms with Gasteiger partial charge in [-0.2, -0.15) is 0 Å². The van der Waals surface area contributed by atoms with Crippen molar-refractivity contribution >= 4 is 23.2 Å². The molecule has 1 aromatic heterocycles. The molecule has 0 radical (unpaired) electrons. The zero-order chi connectivity index (χ0) is 33.3. The number of thiophene rings is 1. The number of nitrogens with two attached hydrogens (primary N) is 1. The number of allylic oxidation sites excluding steroid dienone is 2. The molecule has 0 saturated carbocycles. The van der Waals surface area contributed by atoms with Crippen LogP contribution in [-0.4, -0.2) is 47.6 Å². The number of hydrogen-bond donors (Lipinski definition) is 3. The van der Waals surface area contributed by atoms with E-state index in [2.05, 4.69) is 5.32 Å². The first-order valence-electron chi connectivity index (χ1n) is 15.7. The average molecular weight is 652 g/mol. The number of nitrogens with one attached hydrogen (secondary N) is 1. The number of carbonyl (C=O) groups excluding carboxylic acids is 2. The van der Waals surface area contributed by atoms with E-state index < -0.39 is 35.0 Å². The van der Waals surface area contributed by atoms with Gasteiger partial charge in [0.25, 0.3) is 0 Å². The molecule has 3 atom stereocenters. The Morgan fingerprint density at radius 1 is 1.09 bits per heavy atom. The molecule has 1 heterocycles. The van der Waals surface area contributed by atoms with Crippen molar-refractivity contribution in [2.75, 3.05) is 19.6 Å². The lowest BCUT2D eigenvalue weighted by molar-refractivity contribution is -0.145. The van der Waals surface area contributed by atoms with Crippen molar-refractivity contribution in [3.05, 3.63) is 105 Å². The standard InChI is InChI=1S/C36H43F2N3O4S/c1-4-12-41(13-5-2)35(44)36(20-24(3)15-26(21-36)34(39)43)30(18-25-16-27(37)19-28(38)17-25)31(42)22-40-23-33-32(11-14-46-33)45-29-9-7-6-8-10-29/h6-11,14-17,19-20,30-31,40,42H,4-5,12-13,18,21-23H2,1-3H3,(H2,39,43)/t30-,31+,36?/m1/s1. The molecule has 1 aliphatic carbocycles. The van der Waals surface area contributed by atoms with Gasteiger partial charge in [0.15, 0.2) is 0 Å². The van der Waals surface area contributed by atoms with Crippen LogP contribution in [0.15, 0.2) is 83.3 Å². The van der Waals surface area contributed by atoms with Gasteiger partial charge < -0.3 is 25.8 Å². The van der Waals surface area contributed by atoms with Crippen molar-refractivity contribution in [3.63, 3.8) is 0 Å². The van der Waals surface area contributed by atoms with Crippen LogP contribution in [0.2, 0.25) is 0 Å². The van der Waals surface area contributed by atoms with E-state index in [-0.39, 0.29) is 30.9 Å². The third-order valence-corrected chi connectivity index (χ3v) is 9.08. The summed E-state index contributed by atoms with van der Waals surface area (Å²) in [6.45, 7) is 7.13. The quantitative estimate of drug-likeness (QED) is 0.164. The fourth-order valence-corrected chi connectivity index (χ4v) is 7.03. The molecule has 1 unspecified atom stereocenters. The Bertz CT molecular complexity index is 1530. The average Bonchev–Trinajstić information content (AvgIpc) is 3.45. The topological polar surface area (TPSA) is 105 Å². The fourth-order valence-electron chi connectivity index (χ4n) is 6.27. The molecule has 7 nitrogen and oxygen atoms in total. The molecule has 1 aliphatic rings. The number of primary amides is 1. The molecule has 0 saturated heterocycles. The van der Waals surface area contributed by atoms with E-state index in [0.29, 0.717) is 55.1 Å². The highest BCUT2D eigenvalue weighted by molar-refractivity contribution is 7.10. The zero-order valence-electron chi connectivity index (χ0n) is 26.6. The number of aliphatic hydroxyl groups excluding tert-OH is 1. The van der Waals surface area contributed by atoms with E-state index in [9.17, 15) is 23.5 Å². The number of benzene rings is 2. The molecule has 0 aliphatic heterocycles. The molecule has 4 N–H and O–H groups in total. The molecule has 246 valence electrons. The Labute approximate surface area is 273 Å². The minimum Gasteiger partial charge on any atom is -0.456 e. The summed E-state index contributed by atoms with van der Waals surface area (Å²) in [6, 6.07) is 14.5. The van der Waals surface area contributed by atoms with E-state index in [4.69, 9.17) is 10.5 Å². The van der Waals surface area contributed by atoms with E-state index in [1.165, 1.54) is 23.5 Å². The van der Waals surface area contributed by atoms with Crippen LogP contribution >= 0.6 is 11.3 Å². The van der Waals surface area contributed by atoms with Gasteiger partial charge in [0.2, 0.25) is 11.8 Å². The summed E-state index contributed by atoms with van der Waals surface area (Å²) >= 11 is 1.50. The van der Waals surface area contributed by atoms with Crippen LogP contribution < -0.4 is 15.8 Å². The van der Waals surface area contributed by atoms with Gasteiger partial charge in [-0.05, 0) is 73.9 Å². The second-order valence-electron chi connectivity index (χ2n) is 11.8. The van der Waals surface area contributed by atoms with Crippen LogP contribution in [0.1, 0.15) is 50.5 Å². The number of ether oxygens (including phenoxy) is 1. The van der Waals surface area contributed by atoms with Crippen LogP contribution in [0.4, 0.5) is 8.78 Å². The maximum Gasteiger partial charge on any atom is 0.244 e. The number of rotatable bonds is 16. The summed E-state index contributed by atoms with van der Waals surface area (Å²) in [4.78, 5) is 29.9. The van der Waals surface area contributed by atoms with Crippen LogP contribution in [0.25, 0.3) is 0 Å². The Morgan fingerprint density at radius 3 is 2.39 bits per heavy atom. The predicted molar refractivity (Wildman–Crippen MR) is 177 cm³/mol. The molecular weight excluding hydrogens is 608 g/mol. The first-order chi connectivity index (χ1) is 22.1. The smallest absolute Gasteiger partial charge is 0.244 e. The number of amides is 2. The predicted octanol–water partition coefficient (Wildman–Crippen LogP) is 6.52. The van der Waals surface area contributed by atoms with Crippen molar-refractivity contribution in [2.45, 2.75) is 59.1 Å². The SMILES string of the molecule is CCCN(CCC)C(=O)C1([C@H](Cc2cc(F)cc(F)c2)[C@@H](O)CNCc2sccc2Oc2ccccc2)C=C(C)C=C(C(N)=O)C1. The summed E-state index contributed by atoms with van der Waals surface area (Å²) in [6.07, 6.45) is 3.66. The fraction of sp³-hybridized carbons (Fsp3) is 0.389. The van der Waals surface area contributed by atoms with Crippen LogP contribution in [0, 0.1) is 23.0 Å². The van der Waals surface area contributed by atoms with Gasteiger partial charge in [0.1, 0.15) is 23.1 Å². The first kappa shape index (κ1) is 35.0. The second-order valence-corrected chi connectivity index (χ2v) is 12.8. The molecule has 3 aromatic rings. The number of hydrogen-bond acceptors (Lipinski definition) is 6. The lowest BCUT2D eigenvalue weighted by Crippen LogP contribution is -2.54. The van der Waals surface area contributed by atoms with Crippen LogP contribution in [-0.2, 0) is 22.6 Å². The number of carbonyl (C=O) groups is 2. The monoisotopic (exact) mass is 651 g/mol. The van der Waals surface area contributed by atoms with Crippen molar-refractivity contribution in [3.8, 4) is 11.5 Å². The number of aliphatic hydroxyl groups is 1. The van der Waals surface area contributed by atoms with Gasteiger partial charge in [-0.1, -0.05) is 49.8 Å². The molecule has 10 heteroatoms. The highest BCUT2D eigenvalue weighted by Crippen LogP contribution is 2.46. The van der Waals surface area contributed by atoms with Gasteiger partial charge in [0.05, 0.1) is 16.4 Å². The lowest BCUT2D eigenvalue weighted by atomic mass is 9.63. The van der Waals surface area contributed by atoms with Gasteiger partial charge in [-0.25, -0.2) is 8.78 Å². The van der Waals surface area contributed by atoms with Gasteiger partial charge in [0, 0.05) is 43.7 Å². The maximum absolute atomic E-state index is 14.7. The summed E-state index contributed by atoms with van der Waals surface area (Å²) in [5.41, 5.74) is 5.58. The molecule has 2 amide bonds. The molecule has 0 spiro atoms. The van der Waals surface area contributed by atoms with E-state index in [1.807, 2.05) is 55.6 Å². The number of nitrogens with zero attached hydrogens (tertiary/aromatic N) is 1. The highest BCUT2D eigenvalue weighted by Gasteiger charge is 2.50. The van der Waals surface area contributed by atoms with Crippen molar-refractivity contribution in [1.82, 2.24) is 10.2 Å². The largest absolute Gasteiger partial charge is 0.456 e. The summed E-state index contributed by atoms with van der Waals surface area (Å²) in [5, 5.41) is 17.2. The molecule has 0 fully saturated rings. The molecular formula is C36H43F2N3O4S. The Balaban J connectivity index is 1.69. The molecule has 4 rings (SSSR count). The van der Waals surface area contributed by atoms with Crippen LogP contribution in [0.5, 0.6) is 11.5 Å². The number of halogens is 2. The third kappa shape index (κ3) is 8.69. The molecule has 2 aromatic carbocycles. The third-order valence-electron chi connectivity index (χ3n) is 8.18. The molecule has 0 bridgehead atoms. The van der Waals surface area contributed by atoms with Crippen molar-refractivity contribution in [2.24, 2.45) is 17.1 Å². The highest BCUT2D eigenvalue weighted by atomic mass is 32.1. The Hall–Kier alpha value is -3.86. The van der Waals surface area contributed by atoms with Crippen molar-refractivity contribution < 1.29 is 28.2 Å². The van der Waals surface area contributed by atoms with Gasteiger partial charge in [-0.3, -0.25) is 9.59 Å². The van der Waals surface area contributed by atoms with E-state index >= 15 is 0 Å². The normalized spacial score (nSPS) is 17.5. The maximum atomic E-state index is 14.7. The summed E-state index contributed by atoms with van der Waals surface area (Å²) < 4.78 is 34.9. The minimum absolute atomic E-state index is 0.0213. The van der Waals surface area contributed by atoms with E-state index in [1.54, 1.807) is 24.0 Å². The minimum atomic E-state index is -1.40. The second kappa shape index (κ2) is 16.1. The van der Waals surface area contributed by atoms with Gasteiger partial charge >= 0.3 is 0 Å². The van der Waals surface area contributed by atoms with E-state index in [0.717, 1.165) is 10.9 Å². The zero-order valence-corrected chi connectivity index (χ0v) is 27.4. The first-order valence-corrected chi connectivity index (χ1v) is 16.6. The number of para-hydroxylation sites is 1. The van der Waals surface area contributed by atoms with Gasteiger partial charge in [-0.15, -0.1) is 11.3 Å². The Morgan fingerprint density at radius 2 is 1.76 bits per heavy atom.